The van der Waals surface area contributed by atoms with Crippen LogP contribution in [0.4, 0.5) is 0 Å². The van der Waals surface area contributed by atoms with Gasteiger partial charge < -0.3 is 4.57 Å². The van der Waals surface area contributed by atoms with Crippen molar-refractivity contribution in [2.75, 3.05) is 0 Å². The van der Waals surface area contributed by atoms with Crippen molar-refractivity contribution in [1.82, 2.24) is 19.3 Å². The van der Waals surface area contributed by atoms with Gasteiger partial charge in [0.25, 0.3) is 15.9 Å². The molecule has 0 aliphatic heterocycles. The number of nitrogens with zero attached hydrogens (tertiary/aromatic N) is 3. The van der Waals surface area contributed by atoms with E-state index in [-0.39, 0.29) is 10.6 Å². The first kappa shape index (κ1) is 24.1. The molecule has 34 heavy (non-hydrogen) atoms. The Morgan fingerprint density at radius 2 is 1.85 bits per heavy atom. The maximum absolute atomic E-state index is 12.9. The van der Waals surface area contributed by atoms with E-state index < -0.39 is 15.9 Å². The summed E-state index contributed by atoms with van der Waals surface area (Å²) in [6, 6.07) is 13.1. The number of pyridine rings is 1. The second-order valence-electron chi connectivity index (χ2n) is 7.69. The molecule has 7 nitrogen and oxygen atoms in total. The summed E-state index contributed by atoms with van der Waals surface area (Å²) in [6.45, 7) is 7.67. The number of aryl methyl sites for hydroxylation is 2. The maximum atomic E-state index is 12.9. The van der Waals surface area contributed by atoms with Crippen molar-refractivity contribution in [2.45, 2.75) is 25.3 Å². The van der Waals surface area contributed by atoms with E-state index in [2.05, 4.69) is 37.2 Å². The van der Waals surface area contributed by atoms with Crippen molar-refractivity contribution >= 4 is 60.7 Å². The van der Waals surface area contributed by atoms with Crippen LogP contribution in [0.2, 0.25) is 5.02 Å². The third kappa shape index (κ3) is 4.77. The number of hydrogen-bond acceptors (Lipinski definition) is 5. The fourth-order valence-corrected chi connectivity index (χ4v) is 5.19. The summed E-state index contributed by atoms with van der Waals surface area (Å²) in [5.41, 5.74) is 3.39. The number of carbonyl (C=O) groups excluding carboxylic acids is 1. The number of rotatable bonds is 6. The van der Waals surface area contributed by atoms with Crippen molar-refractivity contribution in [2.24, 2.45) is 0 Å². The van der Waals surface area contributed by atoms with Gasteiger partial charge in [0.2, 0.25) is 0 Å². The van der Waals surface area contributed by atoms with Crippen LogP contribution in [-0.4, -0.2) is 28.9 Å². The molecule has 0 radical (unpaired) electrons. The third-order valence-corrected chi connectivity index (χ3v) is 7.51. The molecule has 0 saturated heterocycles. The van der Waals surface area contributed by atoms with E-state index in [1.807, 2.05) is 23.6 Å². The first-order chi connectivity index (χ1) is 16.1. The summed E-state index contributed by atoms with van der Waals surface area (Å²) < 4.78 is 30.2. The molecule has 10 heteroatoms. The summed E-state index contributed by atoms with van der Waals surface area (Å²) in [7, 11) is -4.08. The second-order valence-corrected chi connectivity index (χ2v) is 10.7. The van der Waals surface area contributed by atoms with E-state index in [1.165, 1.54) is 18.2 Å². The Morgan fingerprint density at radius 1 is 1.15 bits per heavy atom. The number of aromatic nitrogens is 3. The SMILES string of the molecule is C=Cc1ccc(S(=O)(=O)NC(=O)c2cc(C)c3nc(C)n(Cc4ccc(Br)cc4Cl)c3n2)cc1. The molecule has 174 valence electrons. The van der Waals surface area contributed by atoms with Gasteiger partial charge in [-0.15, -0.1) is 0 Å². The number of sulfonamides is 1. The van der Waals surface area contributed by atoms with Gasteiger partial charge in [-0.3, -0.25) is 4.79 Å². The van der Waals surface area contributed by atoms with Gasteiger partial charge in [-0.2, -0.15) is 0 Å². The largest absolute Gasteiger partial charge is 0.308 e. The fraction of sp³-hybridized carbons (Fsp3) is 0.125. The van der Waals surface area contributed by atoms with Crippen molar-refractivity contribution < 1.29 is 13.2 Å². The van der Waals surface area contributed by atoms with Crippen LogP contribution in [-0.2, 0) is 16.6 Å². The first-order valence-electron chi connectivity index (χ1n) is 10.2. The Labute approximate surface area is 210 Å². The van der Waals surface area contributed by atoms with Crippen LogP contribution in [0.25, 0.3) is 17.2 Å². The molecule has 0 aliphatic rings. The number of halogens is 2. The molecule has 4 rings (SSSR count). The highest BCUT2D eigenvalue weighted by Gasteiger charge is 2.22. The van der Waals surface area contributed by atoms with Gasteiger partial charge in [0.15, 0.2) is 5.65 Å². The molecule has 0 saturated carbocycles. The molecule has 0 unspecified atom stereocenters. The van der Waals surface area contributed by atoms with Gasteiger partial charge in [-0.25, -0.2) is 23.1 Å². The van der Waals surface area contributed by atoms with Crippen LogP contribution < -0.4 is 4.72 Å². The molecule has 0 aliphatic carbocycles. The number of amides is 1. The van der Waals surface area contributed by atoms with Crippen LogP contribution >= 0.6 is 27.5 Å². The van der Waals surface area contributed by atoms with Crippen LogP contribution in [0.1, 0.15) is 33.0 Å². The number of carbonyl (C=O) groups is 1. The molecule has 0 bridgehead atoms. The van der Waals surface area contributed by atoms with Gasteiger partial charge in [-0.05, 0) is 60.9 Å². The zero-order chi connectivity index (χ0) is 24.6. The highest BCUT2D eigenvalue weighted by molar-refractivity contribution is 9.10. The summed E-state index contributed by atoms with van der Waals surface area (Å²) in [6.07, 6.45) is 1.60. The highest BCUT2D eigenvalue weighted by Crippen LogP contribution is 2.25. The molecule has 0 fully saturated rings. The average molecular weight is 560 g/mol. The molecule has 1 amide bonds. The quantitative estimate of drug-likeness (QED) is 0.347. The van der Waals surface area contributed by atoms with Crippen molar-refractivity contribution in [3.63, 3.8) is 0 Å². The number of benzene rings is 2. The fourth-order valence-electron chi connectivity index (χ4n) is 3.49. The van der Waals surface area contributed by atoms with Crippen molar-refractivity contribution in [1.29, 1.82) is 0 Å². The number of imidazole rings is 1. The van der Waals surface area contributed by atoms with Crippen molar-refractivity contribution in [3.8, 4) is 0 Å². The zero-order valence-electron chi connectivity index (χ0n) is 18.3. The van der Waals surface area contributed by atoms with Crippen molar-refractivity contribution in [3.05, 3.63) is 92.8 Å². The average Bonchev–Trinajstić information content (AvgIpc) is 3.11. The molecule has 2 aromatic heterocycles. The molecule has 2 heterocycles. The molecule has 4 aromatic rings. The van der Waals surface area contributed by atoms with E-state index in [0.717, 1.165) is 15.6 Å². The predicted molar refractivity (Wildman–Crippen MR) is 136 cm³/mol. The lowest BCUT2D eigenvalue weighted by atomic mass is 10.2. The lowest BCUT2D eigenvalue weighted by Gasteiger charge is -2.11. The molecule has 0 spiro atoms. The second kappa shape index (κ2) is 9.32. The smallest absolute Gasteiger partial charge is 0.283 e. The molecule has 1 N–H and O–H groups in total. The van der Waals surface area contributed by atoms with Crippen LogP contribution in [0.3, 0.4) is 0 Å². The van der Waals surface area contributed by atoms with E-state index >= 15 is 0 Å². The van der Waals surface area contributed by atoms with Gasteiger partial charge >= 0.3 is 0 Å². The Balaban J connectivity index is 1.69. The van der Waals surface area contributed by atoms with Gasteiger partial charge in [-0.1, -0.05) is 58.4 Å². The third-order valence-electron chi connectivity index (χ3n) is 5.31. The van der Waals surface area contributed by atoms with Crippen LogP contribution in [0, 0.1) is 13.8 Å². The van der Waals surface area contributed by atoms with Gasteiger partial charge in [0, 0.05) is 9.50 Å². The number of fused-ring (bicyclic) bond motifs is 1. The van der Waals surface area contributed by atoms with E-state index in [9.17, 15) is 13.2 Å². The maximum Gasteiger partial charge on any atom is 0.283 e. The van der Waals surface area contributed by atoms with E-state index in [1.54, 1.807) is 31.2 Å². The molecular weight excluding hydrogens is 540 g/mol. The molecule has 2 aromatic carbocycles. The monoisotopic (exact) mass is 558 g/mol. The zero-order valence-corrected chi connectivity index (χ0v) is 21.5. The highest BCUT2D eigenvalue weighted by atomic mass is 79.9. The Hall–Kier alpha value is -3.01. The Kier molecular flexibility index (Phi) is 6.62. The normalized spacial score (nSPS) is 11.5. The summed E-state index contributed by atoms with van der Waals surface area (Å²) in [5.74, 6) is -0.137. The Bertz CT molecular complexity index is 1550. The van der Waals surface area contributed by atoms with E-state index in [0.29, 0.717) is 34.1 Å². The summed E-state index contributed by atoms with van der Waals surface area (Å²) in [5, 5.41) is 0.579. The first-order valence-corrected chi connectivity index (χ1v) is 12.8. The minimum Gasteiger partial charge on any atom is -0.308 e. The number of nitrogens with one attached hydrogen (secondary N) is 1. The minimum atomic E-state index is -4.08. The van der Waals surface area contributed by atoms with Crippen LogP contribution in [0.5, 0.6) is 0 Å². The topological polar surface area (TPSA) is 94.0 Å². The Morgan fingerprint density at radius 3 is 2.50 bits per heavy atom. The van der Waals surface area contributed by atoms with Crippen LogP contribution in [0.15, 0.2) is 64.5 Å². The standard InChI is InChI=1S/C24H20BrClN4O3S/c1-4-16-5-9-19(10-6-16)34(32,33)29-24(31)21-11-14(2)22-23(28-21)30(15(3)27-22)13-17-7-8-18(25)12-20(17)26/h4-12H,1,13H2,2-3H3,(H,29,31). The number of hydrogen-bond donors (Lipinski definition) is 1. The summed E-state index contributed by atoms with van der Waals surface area (Å²) in [4.78, 5) is 21.9. The molecule has 0 atom stereocenters. The van der Waals surface area contributed by atoms with Gasteiger partial charge in [0.1, 0.15) is 17.0 Å². The van der Waals surface area contributed by atoms with E-state index in [4.69, 9.17) is 11.6 Å². The lowest BCUT2D eigenvalue weighted by Crippen LogP contribution is -2.31. The van der Waals surface area contributed by atoms with Gasteiger partial charge in [0.05, 0.1) is 11.4 Å². The predicted octanol–water partition coefficient (Wildman–Crippen LogP) is 5.27. The molecular formula is C24H20BrClN4O3S. The minimum absolute atomic E-state index is 0.0284. The lowest BCUT2D eigenvalue weighted by molar-refractivity contribution is 0.0976. The summed E-state index contributed by atoms with van der Waals surface area (Å²) >= 11 is 9.79.